The lowest BCUT2D eigenvalue weighted by molar-refractivity contribution is -0.118. The van der Waals surface area contributed by atoms with Crippen molar-refractivity contribution in [2.75, 3.05) is 5.32 Å². The molecule has 0 bridgehead atoms. The molecule has 1 aliphatic carbocycles. The second-order valence-electron chi connectivity index (χ2n) is 5.73. The van der Waals surface area contributed by atoms with E-state index in [9.17, 15) is 9.90 Å². The number of thiophene rings is 1. The fourth-order valence-corrected chi connectivity index (χ4v) is 3.76. The number of hydrogen-bond donors (Lipinski definition) is 2. The molecule has 2 rings (SSSR count). The average Bonchev–Trinajstić information content (AvgIpc) is 2.66. The lowest BCUT2D eigenvalue weighted by Crippen LogP contribution is -2.23. The molecule has 0 fully saturated rings. The summed E-state index contributed by atoms with van der Waals surface area (Å²) in [5, 5.41) is 13.7. The van der Waals surface area contributed by atoms with E-state index in [1.165, 1.54) is 28.8 Å². The summed E-state index contributed by atoms with van der Waals surface area (Å²) in [5.74, 6) is 0.0336. The summed E-state index contributed by atoms with van der Waals surface area (Å²) in [6.45, 7) is 5.94. The van der Waals surface area contributed by atoms with E-state index in [1.54, 1.807) is 11.3 Å². The van der Waals surface area contributed by atoms with Crippen molar-refractivity contribution >= 4 is 22.2 Å². The van der Waals surface area contributed by atoms with E-state index in [1.807, 2.05) is 13.8 Å². The van der Waals surface area contributed by atoms with Crippen LogP contribution in [0, 0.1) is 12.8 Å². The Labute approximate surface area is 119 Å². The zero-order chi connectivity index (χ0) is 14.0. The van der Waals surface area contributed by atoms with Gasteiger partial charge in [-0.15, -0.1) is 11.3 Å². The van der Waals surface area contributed by atoms with Gasteiger partial charge in [-0.05, 0) is 49.7 Å². The first-order valence-electron chi connectivity index (χ1n) is 7.08. The molecule has 2 N–H and O–H groups in total. The van der Waals surface area contributed by atoms with Gasteiger partial charge in [0.2, 0.25) is 5.91 Å². The normalized spacial score (nSPS) is 16.3. The van der Waals surface area contributed by atoms with Crippen LogP contribution < -0.4 is 5.32 Å². The smallest absolute Gasteiger partial charge is 0.227 e. The van der Waals surface area contributed by atoms with Crippen molar-refractivity contribution in [2.24, 2.45) is 5.92 Å². The first-order chi connectivity index (χ1) is 8.99. The topological polar surface area (TPSA) is 49.3 Å². The minimum absolute atomic E-state index is 0.0807. The van der Waals surface area contributed by atoms with Crippen LogP contribution >= 0.6 is 11.3 Å². The molecule has 0 spiro atoms. The predicted molar refractivity (Wildman–Crippen MR) is 79.8 cm³/mol. The van der Waals surface area contributed by atoms with Gasteiger partial charge in [-0.25, -0.2) is 0 Å². The SMILES string of the molecule is Cc1c(NC(=O)CC(O)C(C)C)sc2c1CCCC2. The highest BCUT2D eigenvalue weighted by Crippen LogP contribution is 2.37. The van der Waals surface area contributed by atoms with E-state index in [0.717, 1.165) is 17.8 Å². The lowest BCUT2D eigenvalue weighted by atomic mass is 9.96. The van der Waals surface area contributed by atoms with Gasteiger partial charge in [0, 0.05) is 4.88 Å². The third-order valence-electron chi connectivity index (χ3n) is 3.85. The van der Waals surface area contributed by atoms with Crippen molar-refractivity contribution in [2.45, 2.75) is 59.0 Å². The monoisotopic (exact) mass is 281 g/mol. The van der Waals surface area contributed by atoms with Crippen LogP contribution in [0.2, 0.25) is 0 Å². The molecule has 3 nitrogen and oxygen atoms in total. The number of carbonyl (C=O) groups is 1. The van der Waals surface area contributed by atoms with Crippen molar-refractivity contribution in [1.29, 1.82) is 0 Å². The Kier molecular flexibility index (Phi) is 4.63. The number of amides is 1. The highest BCUT2D eigenvalue weighted by atomic mass is 32.1. The van der Waals surface area contributed by atoms with Gasteiger partial charge in [0.1, 0.15) is 0 Å². The third-order valence-corrected chi connectivity index (χ3v) is 5.16. The summed E-state index contributed by atoms with van der Waals surface area (Å²) in [6.07, 6.45) is 4.42. The number of carbonyl (C=O) groups excluding carboxylic acids is 1. The molecule has 0 aliphatic heterocycles. The fourth-order valence-electron chi connectivity index (χ4n) is 2.45. The van der Waals surface area contributed by atoms with Gasteiger partial charge in [0.15, 0.2) is 0 Å². The molecule has 0 radical (unpaired) electrons. The number of anilines is 1. The first-order valence-corrected chi connectivity index (χ1v) is 7.89. The number of fused-ring (bicyclic) bond motifs is 1. The largest absolute Gasteiger partial charge is 0.392 e. The molecule has 19 heavy (non-hydrogen) atoms. The zero-order valence-electron chi connectivity index (χ0n) is 12.0. The van der Waals surface area contributed by atoms with Crippen LogP contribution in [0.4, 0.5) is 5.00 Å². The molecule has 1 amide bonds. The maximum absolute atomic E-state index is 11.9. The van der Waals surface area contributed by atoms with E-state index >= 15 is 0 Å². The van der Waals surface area contributed by atoms with E-state index < -0.39 is 6.10 Å². The molecule has 1 aromatic heterocycles. The van der Waals surface area contributed by atoms with Crippen LogP contribution in [0.3, 0.4) is 0 Å². The second kappa shape index (κ2) is 6.06. The predicted octanol–water partition coefficient (Wildman–Crippen LogP) is 3.28. The van der Waals surface area contributed by atoms with Crippen molar-refractivity contribution in [3.05, 3.63) is 16.0 Å². The quantitative estimate of drug-likeness (QED) is 0.890. The average molecular weight is 281 g/mol. The van der Waals surface area contributed by atoms with Gasteiger partial charge in [0.05, 0.1) is 17.5 Å². The molecule has 1 unspecified atom stereocenters. The van der Waals surface area contributed by atoms with Crippen LogP contribution in [0.1, 0.15) is 49.1 Å². The molecule has 1 aliphatic rings. The van der Waals surface area contributed by atoms with Crippen molar-refractivity contribution in [3.63, 3.8) is 0 Å². The number of hydrogen-bond acceptors (Lipinski definition) is 3. The van der Waals surface area contributed by atoms with Gasteiger partial charge in [-0.1, -0.05) is 13.8 Å². The minimum Gasteiger partial charge on any atom is -0.392 e. The van der Waals surface area contributed by atoms with Crippen LogP contribution in [0.5, 0.6) is 0 Å². The van der Waals surface area contributed by atoms with Gasteiger partial charge >= 0.3 is 0 Å². The summed E-state index contributed by atoms with van der Waals surface area (Å²) < 4.78 is 0. The molecule has 0 saturated heterocycles. The summed E-state index contributed by atoms with van der Waals surface area (Å²) in [7, 11) is 0. The van der Waals surface area contributed by atoms with Gasteiger partial charge in [-0.3, -0.25) is 4.79 Å². The summed E-state index contributed by atoms with van der Waals surface area (Å²) >= 11 is 1.71. The molecule has 1 atom stereocenters. The Morgan fingerprint density at radius 3 is 2.68 bits per heavy atom. The van der Waals surface area contributed by atoms with Crippen molar-refractivity contribution in [3.8, 4) is 0 Å². The highest BCUT2D eigenvalue weighted by molar-refractivity contribution is 7.16. The van der Waals surface area contributed by atoms with E-state index in [0.29, 0.717) is 0 Å². The van der Waals surface area contributed by atoms with Crippen LogP contribution in [-0.4, -0.2) is 17.1 Å². The van der Waals surface area contributed by atoms with Gasteiger partial charge in [0.25, 0.3) is 0 Å². The Morgan fingerprint density at radius 1 is 1.37 bits per heavy atom. The fraction of sp³-hybridized carbons (Fsp3) is 0.667. The summed E-state index contributed by atoms with van der Waals surface area (Å²) in [6, 6.07) is 0. The van der Waals surface area contributed by atoms with Gasteiger partial charge < -0.3 is 10.4 Å². The first kappa shape index (κ1) is 14.5. The number of aryl methyl sites for hydroxylation is 1. The number of aliphatic hydroxyl groups is 1. The van der Waals surface area contributed by atoms with Crippen LogP contribution in [0.15, 0.2) is 0 Å². The highest BCUT2D eigenvalue weighted by Gasteiger charge is 2.20. The summed E-state index contributed by atoms with van der Waals surface area (Å²) in [4.78, 5) is 13.4. The Bertz CT molecular complexity index is 465. The molecule has 1 heterocycles. The molecular weight excluding hydrogens is 258 g/mol. The zero-order valence-corrected chi connectivity index (χ0v) is 12.8. The van der Waals surface area contributed by atoms with Crippen molar-refractivity contribution in [1.82, 2.24) is 0 Å². The Balaban J connectivity index is 2.03. The molecule has 106 valence electrons. The summed E-state index contributed by atoms with van der Waals surface area (Å²) in [5.41, 5.74) is 2.67. The lowest BCUT2D eigenvalue weighted by Gasteiger charge is -2.13. The van der Waals surface area contributed by atoms with Crippen molar-refractivity contribution < 1.29 is 9.90 Å². The number of aliphatic hydroxyl groups excluding tert-OH is 1. The van der Waals surface area contributed by atoms with E-state index in [4.69, 9.17) is 0 Å². The standard InChI is InChI=1S/C15H23NO2S/c1-9(2)12(17)8-14(18)16-15-10(3)11-6-4-5-7-13(11)19-15/h9,12,17H,4-8H2,1-3H3,(H,16,18). The maximum Gasteiger partial charge on any atom is 0.227 e. The van der Waals surface area contributed by atoms with E-state index in [-0.39, 0.29) is 18.2 Å². The van der Waals surface area contributed by atoms with Crippen LogP contribution in [-0.2, 0) is 17.6 Å². The third kappa shape index (κ3) is 3.37. The molecule has 0 saturated carbocycles. The minimum atomic E-state index is -0.560. The molecule has 0 aromatic carbocycles. The number of rotatable bonds is 4. The molecule has 4 heteroatoms. The van der Waals surface area contributed by atoms with E-state index in [2.05, 4.69) is 12.2 Å². The Morgan fingerprint density at radius 2 is 2.05 bits per heavy atom. The van der Waals surface area contributed by atoms with Crippen LogP contribution in [0.25, 0.3) is 0 Å². The number of nitrogens with one attached hydrogen (secondary N) is 1. The van der Waals surface area contributed by atoms with Gasteiger partial charge in [-0.2, -0.15) is 0 Å². The molecular formula is C15H23NO2S. The second-order valence-corrected chi connectivity index (χ2v) is 6.83. The Hall–Kier alpha value is -0.870. The molecule has 1 aromatic rings. The maximum atomic E-state index is 11.9.